The van der Waals surface area contributed by atoms with E-state index in [9.17, 15) is 9.59 Å². The van der Waals surface area contributed by atoms with Gasteiger partial charge in [0.15, 0.2) is 11.5 Å². The van der Waals surface area contributed by atoms with Gasteiger partial charge in [-0.3, -0.25) is 9.59 Å². The number of carboxylic acid groups (broad SMARTS) is 1. The molecule has 1 unspecified atom stereocenters. The number of aliphatic carboxylic acids is 1. The molecule has 6 heteroatoms. The summed E-state index contributed by atoms with van der Waals surface area (Å²) < 4.78 is 11.1. The van der Waals surface area contributed by atoms with Gasteiger partial charge in [0.25, 0.3) is 0 Å². The molecule has 1 aromatic carbocycles. The van der Waals surface area contributed by atoms with Crippen LogP contribution in [0.2, 0.25) is 0 Å². The highest BCUT2D eigenvalue weighted by atomic mass is 16.5. The third-order valence-electron chi connectivity index (χ3n) is 4.01. The highest BCUT2D eigenvalue weighted by Crippen LogP contribution is 2.46. The van der Waals surface area contributed by atoms with E-state index in [-0.39, 0.29) is 6.04 Å². The number of ether oxygens (including phenoxy) is 2. The van der Waals surface area contributed by atoms with E-state index >= 15 is 0 Å². The Hall–Kier alpha value is -2.24. The number of carboxylic acids is 1. The van der Waals surface area contributed by atoms with E-state index in [2.05, 4.69) is 5.32 Å². The minimum Gasteiger partial charge on any atom is -0.490 e. The lowest BCUT2D eigenvalue weighted by molar-refractivity contribution is -0.149. The van der Waals surface area contributed by atoms with Crippen LogP contribution in [0, 0.1) is 5.41 Å². The van der Waals surface area contributed by atoms with E-state index in [0.717, 1.165) is 5.56 Å². The predicted molar refractivity (Wildman–Crippen MR) is 84.6 cm³/mol. The van der Waals surface area contributed by atoms with Gasteiger partial charge in [0, 0.05) is 0 Å². The van der Waals surface area contributed by atoms with Crippen molar-refractivity contribution in [2.75, 3.05) is 13.2 Å². The minimum absolute atomic E-state index is 0.311. The summed E-state index contributed by atoms with van der Waals surface area (Å²) in [6.45, 7) is 6.64. The van der Waals surface area contributed by atoms with Crippen LogP contribution in [0.25, 0.3) is 0 Å². The van der Waals surface area contributed by atoms with Crippen molar-refractivity contribution in [1.29, 1.82) is 0 Å². The van der Waals surface area contributed by atoms with E-state index in [4.69, 9.17) is 14.6 Å². The van der Waals surface area contributed by atoms with Gasteiger partial charge in [-0.1, -0.05) is 6.07 Å². The van der Waals surface area contributed by atoms with Gasteiger partial charge in [0.2, 0.25) is 5.91 Å². The Labute approximate surface area is 135 Å². The lowest BCUT2D eigenvalue weighted by atomic mass is 10.0. The smallest absolute Gasteiger partial charge is 0.319 e. The van der Waals surface area contributed by atoms with Gasteiger partial charge in [-0.2, -0.15) is 0 Å². The summed E-state index contributed by atoms with van der Waals surface area (Å²) in [6, 6.07) is 5.16. The second-order valence-electron chi connectivity index (χ2n) is 5.65. The molecule has 1 aromatic rings. The van der Waals surface area contributed by atoms with Crippen molar-refractivity contribution < 1.29 is 24.2 Å². The quantitative estimate of drug-likeness (QED) is 0.719. The molecule has 0 spiro atoms. The Kier molecular flexibility index (Phi) is 5.13. The number of carbonyl (C=O) groups is 2. The zero-order valence-corrected chi connectivity index (χ0v) is 13.7. The van der Waals surface area contributed by atoms with E-state index < -0.39 is 17.3 Å². The standard InChI is InChI=1S/C17H23NO5/c1-4-22-13-7-6-12(10-14(13)23-5-2)11(3)18-15(19)17(8-9-17)16(20)21/h6-7,10-11H,4-5,8-9H2,1-3H3,(H,18,19)(H,20,21). The van der Waals surface area contributed by atoms with Crippen LogP contribution in [0.4, 0.5) is 0 Å². The van der Waals surface area contributed by atoms with Gasteiger partial charge < -0.3 is 19.9 Å². The van der Waals surface area contributed by atoms with Gasteiger partial charge in [-0.05, 0) is 51.3 Å². The normalized spacial score (nSPS) is 16.3. The van der Waals surface area contributed by atoms with Gasteiger partial charge in [-0.15, -0.1) is 0 Å². The second-order valence-corrected chi connectivity index (χ2v) is 5.65. The van der Waals surface area contributed by atoms with Crippen LogP contribution in [0.1, 0.15) is 45.2 Å². The molecular formula is C17H23NO5. The van der Waals surface area contributed by atoms with Gasteiger partial charge in [0.05, 0.1) is 19.3 Å². The van der Waals surface area contributed by atoms with Crippen molar-refractivity contribution in [3.63, 3.8) is 0 Å². The van der Waals surface area contributed by atoms with Gasteiger partial charge in [0.1, 0.15) is 5.41 Å². The van der Waals surface area contributed by atoms with Crippen molar-refractivity contribution in [3.05, 3.63) is 23.8 Å². The first-order chi connectivity index (χ1) is 10.9. The number of carbonyl (C=O) groups excluding carboxylic acids is 1. The van der Waals surface area contributed by atoms with Gasteiger partial charge >= 0.3 is 5.97 Å². The molecule has 0 heterocycles. The number of amides is 1. The van der Waals surface area contributed by atoms with Crippen LogP contribution in [-0.2, 0) is 9.59 Å². The van der Waals surface area contributed by atoms with Crippen LogP contribution >= 0.6 is 0 Å². The topological polar surface area (TPSA) is 84.9 Å². The Bertz CT molecular complexity index is 595. The summed E-state index contributed by atoms with van der Waals surface area (Å²) in [5.41, 5.74) is -0.395. The first-order valence-corrected chi connectivity index (χ1v) is 7.88. The number of hydrogen-bond donors (Lipinski definition) is 2. The molecule has 0 bridgehead atoms. The summed E-state index contributed by atoms with van der Waals surface area (Å²) in [6.07, 6.45) is 0.794. The third kappa shape index (κ3) is 3.57. The maximum absolute atomic E-state index is 12.2. The van der Waals surface area contributed by atoms with E-state index in [1.165, 1.54) is 0 Å². The van der Waals surface area contributed by atoms with Crippen LogP contribution in [0.15, 0.2) is 18.2 Å². The number of nitrogens with one attached hydrogen (secondary N) is 1. The molecule has 0 aliphatic heterocycles. The maximum atomic E-state index is 12.2. The van der Waals surface area contributed by atoms with Crippen molar-refractivity contribution in [2.24, 2.45) is 5.41 Å². The number of benzene rings is 1. The summed E-state index contributed by atoms with van der Waals surface area (Å²) in [5.74, 6) is -0.207. The van der Waals surface area contributed by atoms with Crippen molar-refractivity contribution >= 4 is 11.9 Å². The highest BCUT2D eigenvalue weighted by Gasteiger charge is 2.57. The molecule has 1 atom stereocenters. The van der Waals surface area contributed by atoms with E-state index in [0.29, 0.717) is 37.6 Å². The first kappa shape index (κ1) is 17.1. The van der Waals surface area contributed by atoms with Crippen LogP contribution in [0.3, 0.4) is 0 Å². The van der Waals surface area contributed by atoms with E-state index in [1.54, 1.807) is 6.07 Å². The largest absolute Gasteiger partial charge is 0.490 e. The molecule has 6 nitrogen and oxygen atoms in total. The fourth-order valence-electron chi connectivity index (χ4n) is 2.42. The Morgan fingerprint density at radius 3 is 2.35 bits per heavy atom. The third-order valence-corrected chi connectivity index (χ3v) is 4.01. The monoisotopic (exact) mass is 321 g/mol. The fraction of sp³-hybridized carbons (Fsp3) is 0.529. The highest BCUT2D eigenvalue weighted by molar-refractivity contribution is 6.04. The average molecular weight is 321 g/mol. The molecule has 1 aliphatic carbocycles. The SMILES string of the molecule is CCOc1ccc(C(C)NC(=O)C2(C(=O)O)CC2)cc1OCC. The molecule has 0 saturated heterocycles. The Morgan fingerprint density at radius 1 is 1.22 bits per heavy atom. The molecule has 2 rings (SSSR count). The summed E-state index contributed by atoms with van der Waals surface area (Å²) in [4.78, 5) is 23.4. The molecule has 1 aliphatic rings. The van der Waals surface area contributed by atoms with Crippen LogP contribution < -0.4 is 14.8 Å². The lowest BCUT2D eigenvalue weighted by Crippen LogP contribution is -2.38. The molecule has 2 N–H and O–H groups in total. The Morgan fingerprint density at radius 2 is 1.83 bits per heavy atom. The zero-order valence-electron chi connectivity index (χ0n) is 13.7. The van der Waals surface area contributed by atoms with Crippen LogP contribution in [0.5, 0.6) is 11.5 Å². The molecule has 1 fully saturated rings. The lowest BCUT2D eigenvalue weighted by Gasteiger charge is -2.19. The molecular weight excluding hydrogens is 298 g/mol. The van der Waals surface area contributed by atoms with Crippen molar-refractivity contribution in [2.45, 2.75) is 39.7 Å². The summed E-state index contributed by atoms with van der Waals surface area (Å²) in [5, 5.41) is 12.0. The summed E-state index contributed by atoms with van der Waals surface area (Å²) >= 11 is 0. The number of hydrogen-bond acceptors (Lipinski definition) is 4. The van der Waals surface area contributed by atoms with Gasteiger partial charge in [-0.25, -0.2) is 0 Å². The molecule has 0 aromatic heterocycles. The molecule has 1 saturated carbocycles. The van der Waals surface area contributed by atoms with Crippen molar-refractivity contribution in [1.82, 2.24) is 5.32 Å². The zero-order chi connectivity index (χ0) is 17.0. The van der Waals surface area contributed by atoms with Crippen molar-refractivity contribution in [3.8, 4) is 11.5 Å². The Balaban J connectivity index is 2.13. The minimum atomic E-state index is -1.23. The molecule has 23 heavy (non-hydrogen) atoms. The van der Waals surface area contributed by atoms with Crippen LogP contribution in [-0.4, -0.2) is 30.2 Å². The fourth-order valence-corrected chi connectivity index (χ4v) is 2.42. The van der Waals surface area contributed by atoms with E-state index in [1.807, 2.05) is 32.9 Å². The average Bonchev–Trinajstić information content (AvgIpc) is 3.31. The first-order valence-electron chi connectivity index (χ1n) is 7.88. The number of rotatable bonds is 8. The molecule has 0 radical (unpaired) electrons. The maximum Gasteiger partial charge on any atom is 0.319 e. The molecule has 126 valence electrons. The molecule has 1 amide bonds. The summed E-state index contributed by atoms with van der Waals surface area (Å²) in [7, 11) is 0. The predicted octanol–water partition coefficient (Wildman–Crippen LogP) is 2.53. The second kappa shape index (κ2) is 6.89.